The fourth-order valence-electron chi connectivity index (χ4n) is 1.14. The monoisotopic (exact) mass is 189 g/mol. The highest BCUT2D eigenvalue weighted by atomic mass is 16.5. The predicted molar refractivity (Wildman–Crippen MR) is 45.4 cm³/mol. The second-order valence-electron chi connectivity index (χ2n) is 2.94. The molecule has 1 saturated heterocycles. The zero-order chi connectivity index (χ0) is 9.68. The molecular formula is C8H15NO4. The lowest BCUT2D eigenvalue weighted by Crippen LogP contribution is -2.54. The number of amides is 1. The first-order valence-electron chi connectivity index (χ1n) is 4.33. The molecule has 1 N–H and O–H groups in total. The average Bonchev–Trinajstić information content (AvgIpc) is 2.08. The number of hydrogen-bond donors (Lipinski definition) is 1. The number of aliphatic hydroxyl groups is 1. The van der Waals surface area contributed by atoms with E-state index in [2.05, 4.69) is 4.74 Å². The summed E-state index contributed by atoms with van der Waals surface area (Å²) >= 11 is 0. The van der Waals surface area contributed by atoms with E-state index in [0.717, 1.165) is 0 Å². The van der Waals surface area contributed by atoms with Crippen molar-refractivity contribution in [2.45, 2.75) is 12.5 Å². The zero-order valence-electron chi connectivity index (χ0n) is 7.73. The van der Waals surface area contributed by atoms with Gasteiger partial charge < -0.3 is 19.5 Å². The summed E-state index contributed by atoms with van der Waals surface area (Å²) in [5.41, 5.74) is 0. The Balaban J connectivity index is 2.01. The van der Waals surface area contributed by atoms with E-state index in [4.69, 9.17) is 9.84 Å². The third-order valence-electron chi connectivity index (χ3n) is 1.94. The number of rotatable bonds is 4. The van der Waals surface area contributed by atoms with Gasteiger partial charge in [-0.3, -0.25) is 0 Å². The molecule has 0 radical (unpaired) electrons. The summed E-state index contributed by atoms with van der Waals surface area (Å²) < 4.78 is 9.85. The van der Waals surface area contributed by atoms with Crippen molar-refractivity contribution in [3.63, 3.8) is 0 Å². The van der Waals surface area contributed by atoms with E-state index in [-0.39, 0.29) is 18.8 Å². The SMILES string of the molecule is COC(=O)N1CC(OCCCO)C1. The van der Waals surface area contributed by atoms with Crippen LogP contribution < -0.4 is 0 Å². The van der Waals surface area contributed by atoms with Crippen LogP contribution in [0.5, 0.6) is 0 Å². The highest BCUT2D eigenvalue weighted by Crippen LogP contribution is 2.12. The smallest absolute Gasteiger partial charge is 0.409 e. The third-order valence-corrected chi connectivity index (χ3v) is 1.94. The number of hydrogen-bond acceptors (Lipinski definition) is 4. The number of ether oxygens (including phenoxy) is 2. The van der Waals surface area contributed by atoms with E-state index in [0.29, 0.717) is 26.1 Å². The summed E-state index contributed by atoms with van der Waals surface area (Å²) in [6, 6.07) is 0. The molecular weight excluding hydrogens is 174 g/mol. The van der Waals surface area contributed by atoms with Crippen LogP contribution >= 0.6 is 0 Å². The maximum absolute atomic E-state index is 10.9. The van der Waals surface area contributed by atoms with Crippen LogP contribution in [-0.2, 0) is 9.47 Å². The van der Waals surface area contributed by atoms with Crippen molar-refractivity contribution in [3.05, 3.63) is 0 Å². The summed E-state index contributed by atoms with van der Waals surface area (Å²) in [6.45, 7) is 1.89. The Morgan fingerprint density at radius 1 is 1.62 bits per heavy atom. The van der Waals surface area contributed by atoms with Gasteiger partial charge in [-0.15, -0.1) is 0 Å². The van der Waals surface area contributed by atoms with E-state index < -0.39 is 0 Å². The molecule has 76 valence electrons. The van der Waals surface area contributed by atoms with Crippen LogP contribution in [0.15, 0.2) is 0 Å². The molecule has 5 nitrogen and oxygen atoms in total. The number of aliphatic hydroxyl groups excluding tert-OH is 1. The molecule has 0 saturated carbocycles. The molecule has 0 aromatic heterocycles. The normalized spacial score (nSPS) is 16.9. The molecule has 1 heterocycles. The minimum atomic E-state index is -0.304. The minimum absolute atomic E-state index is 0.116. The van der Waals surface area contributed by atoms with E-state index in [1.165, 1.54) is 7.11 Å². The Labute approximate surface area is 77.2 Å². The Morgan fingerprint density at radius 3 is 2.85 bits per heavy atom. The number of carbonyl (C=O) groups is 1. The van der Waals surface area contributed by atoms with Crippen LogP contribution in [0.4, 0.5) is 4.79 Å². The Morgan fingerprint density at radius 2 is 2.31 bits per heavy atom. The van der Waals surface area contributed by atoms with Gasteiger partial charge in [-0.2, -0.15) is 0 Å². The van der Waals surface area contributed by atoms with Crippen molar-refractivity contribution >= 4 is 6.09 Å². The van der Waals surface area contributed by atoms with Crippen molar-refractivity contribution in [2.75, 3.05) is 33.4 Å². The van der Waals surface area contributed by atoms with Gasteiger partial charge in [-0.05, 0) is 6.42 Å². The molecule has 0 spiro atoms. The van der Waals surface area contributed by atoms with Gasteiger partial charge in [0.25, 0.3) is 0 Å². The summed E-state index contributed by atoms with van der Waals surface area (Å²) in [4.78, 5) is 12.5. The van der Waals surface area contributed by atoms with Gasteiger partial charge in [-0.1, -0.05) is 0 Å². The topological polar surface area (TPSA) is 59.0 Å². The summed E-state index contributed by atoms with van der Waals surface area (Å²) in [5, 5.41) is 8.48. The van der Waals surface area contributed by atoms with Crippen molar-refractivity contribution < 1.29 is 19.4 Å². The van der Waals surface area contributed by atoms with Gasteiger partial charge in [0.05, 0.1) is 26.3 Å². The molecule has 1 aliphatic rings. The van der Waals surface area contributed by atoms with E-state index in [1.807, 2.05) is 0 Å². The number of likely N-dealkylation sites (tertiary alicyclic amines) is 1. The van der Waals surface area contributed by atoms with Gasteiger partial charge in [0.1, 0.15) is 0 Å². The Kier molecular flexibility index (Phi) is 3.98. The predicted octanol–water partition coefficient (Wildman–Crippen LogP) is -0.164. The fourth-order valence-corrected chi connectivity index (χ4v) is 1.14. The summed E-state index contributed by atoms with van der Waals surface area (Å²) in [5.74, 6) is 0. The first-order chi connectivity index (χ1) is 6.27. The maximum atomic E-state index is 10.9. The van der Waals surface area contributed by atoms with Crippen LogP contribution in [0.1, 0.15) is 6.42 Å². The average molecular weight is 189 g/mol. The molecule has 0 bridgehead atoms. The van der Waals surface area contributed by atoms with Gasteiger partial charge in [0, 0.05) is 13.2 Å². The third kappa shape index (κ3) is 2.86. The van der Waals surface area contributed by atoms with Crippen LogP contribution in [0, 0.1) is 0 Å². The zero-order valence-corrected chi connectivity index (χ0v) is 7.73. The lowest BCUT2D eigenvalue weighted by molar-refractivity contribution is -0.0497. The van der Waals surface area contributed by atoms with Crippen molar-refractivity contribution in [2.24, 2.45) is 0 Å². The molecule has 0 aliphatic carbocycles. The molecule has 1 rings (SSSR count). The van der Waals surface area contributed by atoms with Crippen LogP contribution in [0.2, 0.25) is 0 Å². The number of methoxy groups -OCH3 is 1. The Hall–Kier alpha value is -0.810. The molecule has 5 heteroatoms. The quantitative estimate of drug-likeness (QED) is 0.624. The Bertz CT molecular complexity index is 168. The maximum Gasteiger partial charge on any atom is 0.409 e. The number of nitrogens with zero attached hydrogens (tertiary/aromatic N) is 1. The summed E-state index contributed by atoms with van der Waals surface area (Å²) in [7, 11) is 1.36. The van der Waals surface area contributed by atoms with Gasteiger partial charge in [-0.25, -0.2) is 4.79 Å². The van der Waals surface area contributed by atoms with Crippen LogP contribution in [0.3, 0.4) is 0 Å². The molecule has 1 amide bonds. The summed E-state index contributed by atoms with van der Waals surface area (Å²) in [6.07, 6.45) is 0.460. The van der Waals surface area contributed by atoms with Crippen LogP contribution in [-0.4, -0.2) is 55.6 Å². The van der Waals surface area contributed by atoms with Gasteiger partial charge >= 0.3 is 6.09 Å². The molecule has 0 aromatic rings. The van der Waals surface area contributed by atoms with Crippen molar-refractivity contribution in [1.82, 2.24) is 4.90 Å². The molecule has 13 heavy (non-hydrogen) atoms. The first kappa shape index (κ1) is 10.3. The lowest BCUT2D eigenvalue weighted by atomic mass is 10.2. The fraction of sp³-hybridized carbons (Fsp3) is 0.875. The van der Waals surface area contributed by atoms with Gasteiger partial charge in [0.15, 0.2) is 0 Å². The first-order valence-corrected chi connectivity index (χ1v) is 4.33. The van der Waals surface area contributed by atoms with E-state index in [1.54, 1.807) is 4.90 Å². The van der Waals surface area contributed by atoms with E-state index in [9.17, 15) is 4.79 Å². The largest absolute Gasteiger partial charge is 0.453 e. The van der Waals surface area contributed by atoms with Crippen molar-refractivity contribution in [1.29, 1.82) is 0 Å². The molecule has 0 unspecified atom stereocenters. The van der Waals surface area contributed by atoms with Crippen LogP contribution in [0.25, 0.3) is 0 Å². The van der Waals surface area contributed by atoms with E-state index >= 15 is 0 Å². The highest BCUT2D eigenvalue weighted by Gasteiger charge is 2.31. The standard InChI is InChI=1S/C8H15NO4/c1-12-8(11)9-5-7(6-9)13-4-2-3-10/h7,10H,2-6H2,1H3. The van der Waals surface area contributed by atoms with Gasteiger partial charge in [0.2, 0.25) is 0 Å². The molecule has 1 fully saturated rings. The second kappa shape index (κ2) is 5.04. The second-order valence-corrected chi connectivity index (χ2v) is 2.94. The minimum Gasteiger partial charge on any atom is -0.453 e. The molecule has 1 aliphatic heterocycles. The highest BCUT2D eigenvalue weighted by molar-refractivity contribution is 5.68. The lowest BCUT2D eigenvalue weighted by Gasteiger charge is -2.37. The number of carbonyl (C=O) groups excluding carboxylic acids is 1. The molecule has 0 aromatic carbocycles. The molecule has 0 atom stereocenters. The van der Waals surface area contributed by atoms with Crippen molar-refractivity contribution in [3.8, 4) is 0 Å².